The zero-order valence-corrected chi connectivity index (χ0v) is 63.2. The number of allylic oxidation sites excluding steroid dienone is 2. The Morgan fingerprint density at radius 3 is 1.18 bits per heavy atom. The smallest absolute Gasteiger partial charge is 0.748 e. The Labute approximate surface area is 597 Å². The van der Waals surface area contributed by atoms with Crippen molar-refractivity contribution in [3.05, 3.63) is 128 Å². The maximum Gasteiger partial charge on any atom is 1.00 e. The minimum absolute atomic E-state index is 0. The van der Waals surface area contributed by atoms with Crippen LogP contribution < -0.4 is 80.0 Å². The Balaban J connectivity index is 0.000000338. The van der Waals surface area contributed by atoms with Crippen LogP contribution in [0, 0.1) is 0 Å². The molecule has 0 saturated heterocycles. The zero-order valence-electron chi connectivity index (χ0n) is 55.9. The van der Waals surface area contributed by atoms with E-state index in [4.69, 9.17) is 0 Å². The number of fused-ring (bicyclic) bond motifs is 4. The van der Waals surface area contributed by atoms with Gasteiger partial charge in [-0.05, 0) is 127 Å². The van der Waals surface area contributed by atoms with Crippen molar-refractivity contribution in [2.24, 2.45) is 14.1 Å². The van der Waals surface area contributed by atoms with E-state index in [0.717, 1.165) is 76.1 Å². The fourth-order valence-electron chi connectivity index (χ4n) is 12.4. The zero-order chi connectivity index (χ0) is 68.1. The summed E-state index contributed by atoms with van der Waals surface area (Å²) in [5, 5.41) is 23.7. The summed E-state index contributed by atoms with van der Waals surface area (Å²) in [5.74, 6) is -1.59. The second-order valence-corrected chi connectivity index (χ2v) is 30.2. The van der Waals surface area contributed by atoms with E-state index in [2.05, 4.69) is 23.6 Å². The second kappa shape index (κ2) is 32.5. The van der Waals surface area contributed by atoms with Crippen LogP contribution in [0.1, 0.15) is 142 Å². The molecule has 2 aliphatic heterocycles. The molecule has 2 aliphatic rings. The fourth-order valence-corrected chi connectivity index (χ4v) is 14.4. The van der Waals surface area contributed by atoms with Crippen molar-refractivity contribution in [2.45, 2.75) is 140 Å². The van der Waals surface area contributed by atoms with Gasteiger partial charge in [0.25, 0.3) is 11.1 Å². The van der Waals surface area contributed by atoms with Gasteiger partial charge in [0.05, 0.1) is 63.0 Å². The topological polar surface area (TPSA) is 326 Å². The van der Waals surface area contributed by atoms with Crippen LogP contribution in [0.2, 0.25) is 0 Å². The van der Waals surface area contributed by atoms with Gasteiger partial charge < -0.3 is 47.4 Å². The summed E-state index contributed by atoms with van der Waals surface area (Å²) in [5.41, 5.74) is 3.73. The Hall–Kier alpha value is -5.04. The number of hydrogen-bond donors (Lipinski definition) is 2. The molecule has 22 nitrogen and oxygen atoms in total. The van der Waals surface area contributed by atoms with E-state index in [-0.39, 0.29) is 108 Å². The molecule has 2 N–H and O–H groups in total. The van der Waals surface area contributed by atoms with E-state index >= 15 is 0 Å². The minimum Gasteiger partial charge on any atom is -0.748 e. The third-order valence-corrected chi connectivity index (χ3v) is 20.7. The van der Waals surface area contributed by atoms with Gasteiger partial charge in [-0.1, -0.05) is 52.4 Å². The standard InChI is InChI=1S/C37H51N3O8S2.C29H35N3O8S2.2Na/c1-6-8-10-12-21-39(22-13-11-9-7-2)27-15-17-29-33(25-27)38(5)36(42)30(35(29)41)18-20-34-37(3,4)31-26-28(50(46,47)48)16-19-32(31)40(34)23-14-24-49(43,44)45;1-6-31(7-2)19-9-11-21-25(17-19)30(5)28(34)22(27(21)33)12-14-26-29(3,4)23-18-20(42(38,39)40)10-13-24(23)32(26)15-8-16-41(35,36)37;;/h15-20,25-26H,6-14,21-24H2,1-5H3,(H2,43,44,45,46,47,48);9-14,17-18H,6-8,15-16H2,1-5H3,(H2,35,36,37,38,39,40);;/q;;2*+1/p-2. The molecule has 6 aromatic rings. The number of nitrogens with zero attached hydrogens (tertiary/aromatic N) is 6. The number of rotatable bonds is 28. The Morgan fingerprint density at radius 2 is 0.851 bits per heavy atom. The molecule has 0 spiro atoms. The van der Waals surface area contributed by atoms with E-state index in [0.29, 0.717) is 55.7 Å². The number of pyridine rings is 2. The number of benzene rings is 4. The van der Waals surface area contributed by atoms with Crippen LogP contribution in [-0.2, 0) is 65.4 Å². The van der Waals surface area contributed by atoms with Gasteiger partial charge in [0, 0.05) is 122 Å². The van der Waals surface area contributed by atoms with Gasteiger partial charge >= 0.3 is 59.1 Å². The van der Waals surface area contributed by atoms with Crippen LogP contribution in [0.3, 0.4) is 0 Å². The van der Waals surface area contributed by atoms with E-state index in [1.807, 2.05) is 58.0 Å². The van der Waals surface area contributed by atoms with Crippen LogP contribution in [0.4, 0.5) is 22.7 Å². The number of aryl methyl sites for hydroxylation is 2. The molecule has 2 aromatic heterocycles. The monoisotopic (exact) mass is 1390 g/mol. The summed E-state index contributed by atoms with van der Waals surface area (Å²) < 4.78 is 145. The van der Waals surface area contributed by atoms with Gasteiger partial charge in [-0.25, -0.2) is 33.7 Å². The van der Waals surface area contributed by atoms with Gasteiger partial charge in [-0.15, -0.1) is 0 Å². The molecule has 4 aromatic carbocycles. The van der Waals surface area contributed by atoms with E-state index in [1.54, 1.807) is 55.3 Å². The SMILES string of the molecule is CCCCCCN(CCCCCC)c1ccc2c(O)c(/C=C/C3=[N+](CCCS(=O)(=O)[O-])c4ccc(S(=O)(=O)[O-])cc4C3(C)C)c(=O)n(C)c2c1.CCN(CC)c1ccc2c(O)c(/C=C/C3=[N+](CCCS(=O)(=O)[O-])c4ccc(S(=O)(=O)[O-])cc4C3(C)C)c(=O)n(C)c2c1.[Na+].[Na+]. The van der Waals surface area contributed by atoms with Crippen molar-refractivity contribution in [1.82, 2.24) is 9.13 Å². The molecule has 0 radical (unpaired) electrons. The molecule has 0 bridgehead atoms. The first kappa shape index (κ1) is 79.6. The van der Waals surface area contributed by atoms with Crippen molar-refractivity contribution >= 4 is 109 Å². The molecule has 0 fully saturated rings. The Bertz CT molecular complexity index is 4530. The molecular weight excluding hydrogens is 1310 g/mol. The maximum absolute atomic E-state index is 13.8. The second-order valence-electron chi connectivity index (χ2n) is 24.4. The predicted octanol–water partition coefficient (Wildman–Crippen LogP) is 3.17. The first-order valence-corrected chi connectivity index (χ1v) is 36.9. The normalized spacial score (nSPS) is 14.5. The van der Waals surface area contributed by atoms with Gasteiger partial charge in [0.1, 0.15) is 44.8 Å². The molecule has 0 atom stereocenters. The van der Waals surface area contributed by atoms with Gasteiger partial charge in [0.15, 0.2) is 11.4 Å². The summed E-state index contributed by atoms with van der Waals surface area (Å²) in [7, 11) is -15.2. The number of aromatic nitrogens is 2. The van der Waals surface area contributed by atoms with Crippen molar-refractivity contribution in [3.8, 4) is 11.5 Å². The molecule has 0 unspecified atom stereocenters. The van der Waals surface area contributed by atoms with Gasteiger partial charge in [-0.3, -0.25) is 9.59 Å². The van der Waals surface area contributed by atoms with Crippen molar-refractivity contribution in [2.75, 3.05) is 60.6 Å². The molecule has 4 heterocycles. The molecule has 8 rings (SSSR count). The van der Waals surface area contributed by atoms with Crippen molar-refractivity contribution in [1.29, 1.82) is 0 Å². The predicted molar refractivity (Wildman–Crippen MR) is 357 cm³/mol. The van der Waals surface area contributed by atoms with Crippen molar-refractivity contribution in [3.63, 3.8) is 0 Å². The summed E-state index contributed by atoms with van der Waals surface area (Å²) >= 11 is 0. The molecule has 28 heteroatoms. The summed E-state index contributed by atoms with van der Waals surface area (Å²) in [6.07, 6.45) is 15.3. The first-order valence-electron chi connectivity index (χ1n) is 31.0. The van der Waals surface area contributed by atoms with E-state index in [9.17, 15) is 71.7 Å². The van der Waals surface area contributed by atoms with Crippen LogP contribution in [-0.4, -0.2) is 143 Å². The number of anilines is 2. The van der Waals surface area contributed by atoms with Crippen LogP contribution >= 0.6 is 0 Å². The molecule has 0 saturated carbocycles. The third-order valence-electron chi connectivity index (χ3n) is 17.5. The average molecular weight is 1390 g/mol. The quantitative estimate of drug-likeness (QED) is 0.0308. The molecule has 94 heavy (non-hydrogen) atoms. The molecular formula is C66H84N6Na2O16S4. The van der Waals surface area contributed by atoms with Crippen LogP contribution in [0.5, 0.6) is 11.5 Å². The molecule has 0 amide bonds. The van der Waals surface area contributed by atoms with Gasteiger partial charge in [0.2, 0.25) is 11.4 Å². The Morgan fingerprint density at radius 1 is 0.489 bits per heavy atom. The Kier molecular flexibility index (Phi) is 27.6. The molecule has 500 valence electrons. The van der Waals surface area contributed by atoms with E-state index in [1.165, 1.54) is 70.5 Å². The van der Waals surface area contributed by atoms with Gasteiger partial charge in [-0.2, -0.15) is 9.15 Å². The van der Waals surface area contributed by atoms with Crippen LogP contribution in [0.15, 0.2) is 104 Å². The maximum atomic E-state index is 13.8. The third kappa shape index (κ3) is 18.4. The minimum atomic E-state index is -4.76. The van der Waals surface area contributed by atoms with Crippen molar-refractivity contribution < 1.29 is 130 Å². The molecule has 0 aliphatic carbocycles. The largest absolute Gasteiger partial charge is 1.00 e. The van der Waals surface area contributed by atoms with E-state index < -0.39 is 83.7 Å². The number of aromatic hydroxyl groups is 2. The van der Waals surface area contributed by atoms with Crippen LogP contribution in [0.25, 0.3) is 34.0 Å². The summed E-state index contributed by atoms with van der Waals surface area (Å²) in [6.45, 7) is 19.2. The number of hydrogen-bond acceptors (Lipinski definition) is 18. The number of unbranched alkanes of at least 4 members (excludes halogenated alkanes) is 6. The summed E-state index contributed by atoms with van der Waals surface area (Å²) in [4.78, 5) is 30.9. The average Bonchev–Trinajstić information content (AvgIpc) is 1.53. The summed E-state index contributed by atoms with van der Waals surface area (Å²) in [6, 6.07) is 19.2. The first-order chi connectivity index (χ1) is 43.0. The fraction of sp³-hybridized carbons (Fsp3) is 0.455.